The van der Waals surface area contributed by atoms with Crippen LogP contribution in [0.5, 0.6) is 0 Å². The third kappa shape index (κ3) is 59.8. The van der Waals surface area contributed by atoms with Gasteiger partial charge in [-0.3, -0.25) is 9.59 Å². The van der Waals surface area contributed by atoms with Crippen molar-refractivity contribution in [3.8, 4) is 0 Å². The van der Waals surface area contributed by atoms with Gasteiger partial charge in [-0.05, 0) is 51.4 Å². The molecule has 1 amide bonds. The molecule has 0 saturated heterocycles. The fraction of sp³-hybridized carbons (Fsp3) is 0.941. The number of amides is 1. The summed E-state index contributed by atoms with van der Waals surface area (Å²) in [4.78, 5) is 24.5. The summed E-state index contributed by atoms with van der Waals surface area (Å²) in [6.45, 7) is 4.98. The van der Waals surface area contributed by atoms with E-state index in [4.69, 9.17) is 4.74 Å². The standard InChI is InChI=1S/C68H133NO5/c1-3-5-7-9-11-13-15-16-37-41-44-48-52-56-60-66(71)65(64-70)69-67(72)61-57-53-49-45-42-38-35-33-31-29-27-25-23-21-19-17-18-20-22-24-26-28-30-32-34-36-39-43-47-51-55-59-63-74-68(73)62-58-54-50-46-40-14-12-10-8-6-4-2/h20,22,65-66,70-71H,3-19,21,23-64H2,1-2H3,(H,69,72)/b22-20-. The molecule has 0 heterocycles. The van der Waals surface area contributed by atoms with Gasteiger partial charge in [0.15, 0.2) is 0 Å². The van der Waals surface area contributed by atoms with Gasteiger partial charge in [-0.25, -0.2) is 0 Å². The van der Waals surface area contributed by atoms with E-state index in [-0.39, 0.29) is 18.5 Å². The van der Waals surface area contributed by atoms with Gasteiger partial charge in [0.25, 0.3) is 0 Å². The summed E-state index contributed by atoms with van der Waals surface area (Å²) < 4.78 is 5.47. The molecule has 0 fully saturated rings. The second-order valence-corrected chi connectivity index (χ2v) is 23.5. The lowest BCUT2D eigenvalue weighted by atomic mass is 10.0. The first kappa shape index (κ1) is 72.6. The van der Waals surface area contributed by atoms with Gasteiger partial charge in [0, 0.05) is 12.8 Å². The number of hydrogen-bond acceptors (Lipinski definition) is 5. The van der Waals surface area contributed by atoms with Crippen LogP contribution in [0.1, 0.15) is 386 Å². The smallest absolute Gasteiger partial charge is 0.305 e. The summed E-state index contributed by atoms with van der Waals surface area (Å²) in [6, 6.07) is -0.538. The van der Waals surface area contributed by atoms with Crippen molar-refractivity contribution in [1.82, 2.24) is 5.32 Å². The maximum absolute atomic E-state index is 12.5. The average Bonchev–Trinajstić information content (AvgIpc) is 3.40. The van der Waals surface area contributed by atoms with Crippen molar-refractivity contribution in [1.29, 1.82) is 0 Å². The number of aliphatic hydroxyl groups excluding tert-OH is 2. The van der Waals surface area contributed by atoms with Crippen molar-refractivity contribution >= 4 is 11.9 Å². The minimum absolute atomic E-state index is 0.0185. The molecule has 0 radical (unpaired) electrons. The van der Waals surface area contributed by atoms with E-state index in [0.29, 0.717) is 25.9 Å². The van der Waals surface area contributed by atoms with E-state index < -0.39 is 12.1 Å². The van der Waals surface area contributed by atoms with Crippen LogP contribution in [0, 0.1) is 0 Å². The SMILES string of the molecule is CCCCCCCCCCCCCCCCC(O)C(CO)NC(=O)CCCCCCCCCCCCCCCCCC/C=C\CCCCCCCCCCCCCCOC(=O)CCCCCCCCCCCCC. The molecule has 0 aliphatic carbocycles. The number of carbonyl (C=O) groups is 2. The molecule has 0 bridgehead atoms. The summed E-state index contributed by atoms with van der Waals surface area (Å²) in [5, 5.41) is 23.3. The molecule has 0 rings (SSSR count). The van der Waals surface area contributed by atoms with Gasteiger partial charge in [0.05, 0.1) is 25.4 Å². The van der Waals surface area contributed by atoms with Gasteiger partial charge in [-0.1, -0.05) is 334 Å². The molecular weight excluding hydrogens is 911 g/mol. The number of carbonyl (C=O) groups excluding carboxylic acids is 2. The molecule has 440 valence electrons. The number of ether oxygens (including phenoxy) is 1. The predicted octanol–water partition coefficient (Wildman–Crippen LogP) is 21.6. The zero-order valence-corrected chi connectivity index (χ0v) is 50.4. The maximum atomic E-state index is 12.5. The quantitative estimate of drug-likeness (QED) is 0.0320. The van der Waals surface area contributed by atoms with Gasteiger partial charge < -0.3 is 20.3 Å². The Balaban J connectivity index is 3.34. The summed E-state index contributed by atoms with van der Waals surface area (Å²) in [5.74, 6) is -0.0111. The Labute approximate surface area is 463 Å². The molecule has 6 nitrogen and oxygen atoms in total. The van der Waals surface area contributed by atoms with E-state index >= 15 is 0 Å². The second-order valence-electron chi connectivity index (χ2n) is 23.5. The number of hydrogen-bond donors (Lipinski definition) is 3. The van der Waals surface area contributed by atoms with Gasteiger partial charge >= 0.3 is 5.97 Å². The van der Waals surface area contributed by atoms with Gasteiger partial charge in [0.1, 0.15) is 0 Å². The van der Waals surface area contributed by atoms with Crippen LogP contribution in [-0.4, -0.2) is 47.4 Å². The summed E-state index contributed by atoms with van der Waals surface area (Å²) in [5.41, 5.74) is 0. The van der Waals surface area contributed by atoms with E-state index in [1.54, 1.807) is 0 Å². The van der Waals surface area contributed by atoms with E-state index in [9.17, 15) is 19.8 Å². The first-order valence-electron chi connectivity index (χ1n) is 33.9. The fourth-order valence-electron chi connectivity index (χ4n) is 10.9. The Hall–Kier alpha value is -1.40. The zero-order valence-electron chi connectivity index (χ0n) is 50.4. The normalized spacial score (nSPS) is 12.5. The van der Waals surface area contributed by atoms with Crippen molar-refractivity contribution in [3.63, 3.8) is 0 Å². The molecule has 0 saturated carbocycles. The highest BCUT2D eigenvalue weighted by atomic mass is 16.5. The Morgan fingerprint density at radius 2 is 0.635 bits per heavy atom. The number of nitrogens with one attached hydrogen (secondary N) is 1. The lowest BCUT2D eigenvalue weighted by molar-refractivity contribution is -0.143. The fourth-order valence-corrected chi connectivity index (χ4v) is 10.9. The zero-order chi connectivity index (χ0) is 53.6. The van der Waals surface area contributed by atoms with Crippen LogP contribution < -0.4 is 5.32 Å². The average molecular weight is 1040 g/mol. The second kappa shape index (κ2) is 64.1. The lowest BCUT2D eigenvalue weighted by Gasteiger charge is -2.22. The molecule has 74 heavy (non-hydrogen) atoms. The molecule has 0 aliphatic heterocycles. The molecule has 2 atom stereocenters. The van der Waals surface area contributed by atoms with Crippen molar-refractivity contribution in [3.05, 3.63) is 12.2 Å². The highest BCUT2D eigenvalue weighted by Crippen LogP contribution is 2.19. The Morgan fingerprint density at radius 1 is 0.365 bits per heavy atom. The molecule has 0 aromatic carbocycles. The minimum atomic E-state index is -0.661. The van der Waals surface area contributed by atoms with Gasteiger partial charge in [0.2, 0.25) is 5.91 Å². The maximum Gasteiger partial charge on any atom is 0.305 e. The van der Waals surface area contributed by atoms with Crippen molar-refractivity contribution in [2.75, 3.05) is 13.2 Å². The Morgan fingerprint density at radius 3 is 0.959 bits per heavy atom. The number of esters is 1. The number of allylic oxidation sites excluding steroid dienone is 2. The summed E-state index contributed by atoms with van der Waals surface area (Å²) in [7, 11) is 0. The first-order valence-corrected chi connectivity index (χ1v) is 33.9. The van der Waals surface area contributed by atoms with Crippen LogP contribution in [0.4, 0.5) is 0 Å². The topological polar surface area (TPSA) is 95.9 Å². The highest BCUT2D eigenvalue weighted by Gasteiger charge is 2.20. The van der Waals surface area contributed by atoms with E-state index in [1.807, 2.05) is 0 Å². The van der Waals surface area contributed by atoms with E-state index in [2.05, 4.69) is 31.3 Å². The third-order valence-corrected chi connectivity index (χ3v) is 16.1. The Bertz CT molecular complexity index is 1110. The van der Waals surface area contributed by atoms with Crippen molar-refractivity contribution in [2.45, 2.75) is 398 Å². The highest BCUT2D eigenvalue weighted by molar-refractivity contribution is 5.76. The molecule has 6 heteroatoms. The molecule has 2 unspecified atom stereocenters. The van der Waals surface area contributed by atoms with Gasteiger partial charge in [-0.15, -0.1) is 0 Å². The van der Waals surface area contributed by atoms with Crippen LogP contribution >= 0.6 is 0 Å². The van der Waals surface area contributed by atoms with E-state index in [1.165, 1.54) is 315 Å². The number of unbranched alkanes of at least 4 members (excludes halogenated alkanes) is 51. The summed E-state index contributed by atoms with van der Waals surface area (Å²) in [6.07, 6.45) is 78.3. The minimum Gasteiger partial charge on any atom is -0.466 e. The van der Waals surface area contributed by atoms with Crippen LogP contribution in [0.15, 0.2) is 12.2 Å². The van der Waals surface area contributed by atoms with Crippen LogP contribution in [0.2, 0.25) is 0 Å². The number of aliphatic hydroxyl groups is 2. The van der Waals surface area contributed by atoms with Gasteiger partial charge in [-0.2, -0.15) is 0 Å². The monoisotopic (exact) mass is 1040 g/mol. The molecule has 0 spiro atoms. The third-order valence-electron chi connectivity index (χ3n) is 16.1. The Kier molecular flexibility index (Phi) is 62.9. The number of rotatable bonds is 64. The van der Waals surface area contributed by atoms with Crippen molar-refractivity contribution in [2.24, 2.45) is 0 Å². The molecule has 0 aliphatic rings. The van der Waals surface area contributed by atoms with Crippen LogP contribution in [0.3, 0.4) is 0 Å². The molecule has 3 N–H and O–H groups in total. The molecular formula is C68H133NO5. The lowest BCUT2D eigenvalue weighted by Crippen LogP contribution is -2.45. The van der Waals surface area contributed by atoms with Crippen molar-refractivity contribution < 1.29 is 24.5 Å². The van der Waals surface area contributed by atoms with E-state index in [0.717, 1.165) is 38.5 Å². The largest absolute Gasteiger partial charge is 0.466 e. The predicted molar refractivity (Wildman–Crippen MR) is 324 cm³/mol. The van der Waals surface area contributed by atoms with Crippen LogP contribution in [-0.2, 0) is 14.3 Å². The molecule has 0 aromatic rings. The molecule has 0 aromatic heterocycles. The first-order chi connectivity index (χ1) is 36.5. The van der Waals surface area contributed by atoms with Crippen LogP contribution in [0.25, 0.3) is 0 Å². The summed E-state index contributed by atoms with van der Waals surface area (Å²) >= 11 is 0.